The molecule has 0 aliphatic carbocycles. The second-order valence-corrected chi connectivity index (χ2v) is 15.5. The van der Waals surface area contributed by atoms with Crippen molar-refractivity contribution in [2.75, 3.05) is 4.90 Å². The fourth-order valence-electron chi connectivity index (χ4n) is 8.68. The summed E-state index contributed by atoms with van der Waals surface area (Å²) in [6.07, 6.45) is 0. The number of hydrogen-bond donors (Lipinski definition) is 0. The minimum absolute atomic E-state index is 0.904. The summed E-state index contributed by atoms with van der Waals surface area (Å²) >= 11 is 1.87. The van der Waals surface area contributed by atoms with E-state index < -0.39 is 0 Å². The minimum atomic E-state index is 0.904. The lowest BCUT2D eigenvalue weighted by atomic mass is 10.0. The molecule has 262 valence electrons. The van der Waals surface area contributed by atoms with Crippen LogP contribution in [0.5, 0.6) is 0 Å². The number of benzene rings is 9. The van der Waals surface area contributed by atoms with Gasteiger partial charge in [0.2, 0.25) is 0 Å². The van der Waals surface area contributed by atoms with Crippen molar-refractivity contribution in [3.05, 3.63) is 188 Å². The van der Waals surface area contributed by atoms with E-state index in [1.165, 1.54) is 30.9 Å². The Hall–Kier alpha value is -7.14. The molecule has 0 aliphatic rings. The van der Waals surface area contributed by atoms with Gasteiger partial charge in [-0.25, -0.2) is 0 Å². The lowest BCUT2D eigenvalue weighted by molar-refractivity contribution is 0.669. The molecule has 0 saturated heterocycles. The first kappa shape index (κ1) is 31.2. The molecule has 0 atom stereocenters. The number of thiophene rings is 1. The smallest absolute Gasteiger partial charge is 0.143 e. The molecular formula is C52H31NO2S. The van der Waals surface area contributed by atoms with Crippen LogP contribution >= 0.6 is 11.3 Å². The zero-order chi connectivity index (χ0) is 36.7. The predicted molar refractivity (Wildman–Crippen MR) is 237 cm³/mol. The molecule has 0 amide bonds. The Morgan fingerprint density at radius 1 is 0.375 bits per heavy atom. The van der Waals surface area contributed by atoms with E-state index >= 15 is 0 Å². The number of hydrogen-bond acceptors (Lipinski definition) is 4. The van der Waals surface area contributed by atoms with Gasteiger partial charge in [-0.3, -0.25) is 0 Å². The van der Waals surface area contributed by atoms with Gasteiger partial charge in [-0.1, -0.05) is 140 Å². The maximum absolute atomic E-state index is 6.44. The van der Waals surface area contributed by atoms with Crippen LogP contribution in [0.15, 0.2) is 197 Å². The van der Waals surface area contributed by atoms with Crippen LogP contribution in [0.1, 0.15) is 0 Å². The van der Waals surface area contributed by atoms with E-state index in [1.54, 1.807) is 0 Å². The lowest BCUT2D eigenvalue weighted by Gasteiger charge is -2.27. The van der Waals surface area contributed by atoms with Crippen molar-refractivity contribution in [1.82, 2.24) is 0 Å². The van der Waals surface area contributed by atoms with Gasteiger partial charge in [-0.15, -0.1) is 11.3 Å². The molecule has 0 bridgehead atoms. The molecule has 3 aromatic heterocycles. The molecule has 0 saturated carbocycles. The highest BCUT2D eigenvalue weighted by molar-refractivity contribution is 7.26. The number of nitrogens with zero attached hydrogens (tertiary/aromatic N) is 1. The average Bonchev–Trinajstić information content (AvgIpc) is 3.96. The van der Waals surface area contributed by atoms with Crippen LogP contribution < -0.4 is 4.90 Å². The van der Waals surface area contributed by atoms with Gasteiger partial charge < -0.3 is 13.7 Å². The van der Waals surface area contributed by atoms with Crippen molar-refractivity contribution >= 4 is 103 Å². The molecule has 4 heteroatoms. The molecule has 3 nitrogen and oxygen atoms in total. The topological polar surface area (TPSA) is 29.5 Å². The van der Waals surface area contributed by atoms with E-state index in [1.807, 2.05) is 35.6 Å². The van der Waals surface area contributed by atoms with E-state index in [9.17, 15) is 0 Å². The van der Waals surface area contributed by atoms with Crippen molar-refractivity contribution in [3.63, 3.8) is 0 Å². The highest BCUT2D eigenvalue weighted by atomic mass is 32.1. The second kappa shape index (κ2) is 12.2. The largest absolute Gasteiger partial charge is 0.455 e. The Kier molecular flexibility index (Phi) is 6.80. The Morgan fingerprint density at radius 2 is 0.893 bits per heavy atom. The Balaban J connectivity index is 1.03. The fourth-order valence-corrected chi connectivity index (χ4v) is 9.94. The molecule has 0 aliphatic heterocycles. The molecule has 0 radical (unpaired) electrons. The lowest BCUT2D eigenvalue weighted by Crippen LogP contribution is -2.10. The van der Waals surface area contributed by atoms with Gasteiger partial charge in [0.25, 0.3) is 0 Å². The van der Waals surface area contributed by atoms with Gasteiger partial charge in [-0.2, -0.15) is 0 Å². The highest BCUT2D eigenvalue weighted by Crippen LogP contribution is 2.47. The normalized spacial score (nSPS) is 11.9. The maximum atomic E-state index is 6.44. The number of fused-ring (bicyclic) bond motifs is 11. The summed E-state index contributed by atoms with van der Waals surface area (Å²) < 4.78 is 15.5. The number of para-hydroxylation sites is 4. The van der Waals surface area contributed by atoms with Crippen molar-refractivity contribution < 1.29 is 8.83 Å². The van der Waals surface area contributed by atoms with E-state index in [-0.39, 0.29) is 0 Å². The number of anilines is 3. The Morgan fingerprint density at radius 3 is 1.50 bits per heavy atom. The predicted octanol–water partition coefficient (Wildman–Crippen LogP) is 15.8. The first-order valence-electron chi connectivity index (χ1n) is 18.9. The first-order chi connectivity index (χ1) is 27.8. The van der Waals surface area contributed by atoms with Crippen LogP contribution in [0.25, 0.3) is 97.1 Å². The SMILES string of the molecule is c1ccc2c(c1)ccc1c2sc2cccc(N(c3ccc(-c4cccc5c4oc4ccccc45)cc3)c3ccc(-c4cccc5c4oc4ccccc45)cc3)c21. The van der Waals surface area contributed by atoms with Gasteiger partial charge in [0.15, 0.2) is 0 Å². The zero-order valence-corrected chi connectivity index (χ0v) is 30.9. The van der Waals surface area contributed by atoms with Gasteiger partial charge in [0.1, 0.15) is 22.3 Å². The Bertz CT molecular complexity index is 3320. The molecule has 12 aromatic rings. The number of furan rings is 2. The quantitative estimate of drug-likeness (QED) is 0.176. The van der Waals surface area contributed by atoms with E-state index in [4.69, 9.17) is 8.83 Å². The molecule has 0 spiro atoms. The summed E-state index contributed by atoms with van der Waals surface area (Å²) in [4.78, 5) is 2.40. The summed E-state index contributed by atoms with van der Waals surface area (Å²) in [6, 6.07) is 67.2. The van der Waals surface area contributed by atoms with E-state index in [2.05, 4.69) is 169 Å². The third kappa shape index (κ3) is 4.70. The minimum Gasteiger partial charge on any atom is -0.455 e. The molecule has 0 fully saturated rings. The van der Waals surface area contributed by atoms with Gasteiger partial charge in [0, 0.05) is 64.2 Å². The molecule has 56 heavy (non-hydrogen) atoms. The van der Waals surface area contributed by atoms with Crippen LogP contribution in [0.2, 0.25) is 0 Å². The second-order valence-electron chi connectivity index (χ2n) is 14.4. The van der Waals surface area contributed by atoms with Crippen molar-refractivity contribution in [2.45, 2.75) is 0 Å². The van der Waals surface area contributed by atoms with Gasteiger partial charge in [-0.05, 0) is 70.4 Å². The van der Waals surface area contributed by atoms with Crippen LogP contribution in [0, 0.1) is 0 Å². The van der Waals surface area contributed by atoms with Crippen molar-refractivity contribution in [2.24, 2.45) is 0 Å². The van der Waals surface area contributed by atoms with Crippen LogP contribution in [-0.4, -0.2) is 0 Å². The number of rotatable bonds is 5. The molecule has 0 unspecified atom stereocenters. The molecule has 3 heterocycles. The standard InChI is InChI=1S/C52H31NO2S/c1-2-11-39-32(10-1)26-31-44-49-45(18-9-21-48(49)56-52(39)44)53(35-27-22-33(23-28-35)37-14-7-16-42-40-12-3-5-19-46(40)54-50(37)42)36-29-24-34(25-30-36)38-15-8-17-43-41-13-4-6-20-47(41)55-51(38)43/h1-31H. The summed E-state index contributed by atoms with van der Waals surface area (Å²) in [7, 11) is 0. The summed E-state index contributed by atoms with van der Waals surface area (Å²) in [5.74, 6) is 0. The Labute approximate surface area is 325 Å². The summed E-state index contributed by atoms with van der Waals surface area (Å²) in [5.41, 5.74) is 11.3. The van der Waals surface area contributed by atoms with Crippen molar-refractivity contribution in [3.8, 4) is 22.3 Å². The average molecular weight is 734 g/mol. The molecule has 9 aromatic carbocycles. The van der Waals surface area contributed by atoms with Gasteiger partial charge >= 0.3 is 0 Å². The highest BCUT2D eigenvalue weighted by Gasteiger charge is 2.21. The summed E-state index contributed by atoms with van der Waals surface area (Å²) in [6.45, 7) is 0. The summed E-state index contributed by atoms with van der Waals surface area (Å²) in [5, 5.41) is 9.60. The first-order valence-corrected chi connectivity index (χ1v) is 19.7. The monoisotopic (exact) mass is 733 g/mol. The molecule has 12 rings (SSSR count). The maximum Gasteiger partial charge on any atom is 0.143 e. The molecular weight excluding hydrogens is 703 g/mol. The molecule has 0 N–H and O–H groups in total. The van der Waals surface area contributed by atoms with Crippen LogP contribution in [0.3, 0.4) is 0 Å². The fraction of sp³-hybridized carbons (Fsp3) is 0. The third-order valence-electron chi connectivity index (χ3n) is 11.3. The van der Waals surface area contributed by atoms with E-state index in [0.29, 0.717) is 0 Å². The van der Waals surface area contributed by atoms with Crippen molar-refractivity contribution in [1.29, 1.82) is 0 Å². The van der Waals surface area contributed by atoms with Crippen LogP contribution in [0.4, 0.5) is 17.1 Å². The zero-order valence-electron chi connectivity index (χ0n) is 30.1. The van der Waals surface area contributed by atoms with Crippen LogP contribution in [-0.2, 0) is 0 Å². The van der Waals surface area contributed by atoms with E-state index in [0.717, 1.165) is 83.2 Å². The van der Waals surface area contributed by atoms with Gasteiger partial charge in [0.05, 0.1) is 5.69 Å². The third-order valence-corrected chi connectivity index (χ3v) is 12.5.